The highest BCUT2D eigenvalue weighted by Gasteiger charge is 2.33. The molecule has 0 bridgehead atoms. The van der Waals surface area contributed by atoms with Crippen LogP contribution in [0.15, 0.2) is 0 Å². The summed E-state index contributed by atoms with van der Waals surface area (Å²) in [7, 11) is -2.93. The fourth-order valence-corrected chi connectivity index (χ4v) is 3.80. The highest BCUT2D eigenvalue weighted by atomic mass is 32.2. The monoisotopic (exact) mass is 277 g/mol. The number of rotatable bonds is 6. The molecule has 0 aromatic heterocycles. The van der Waals surface area contributed by atoms with Crippen molar-refractivity contribution in [3.63, 3.8) is 0 Å². The van der Waals surface area contributed by atoms with E-state index < -0.39 is 15.9 Å². The molecule has 0 radical (unpaired) electrons. The Kier molecular flexibility index (Phi) is 5.59. The van der Waals surface area contributed by atoms with Gasteiger partial charge in [-0.25, -0.2) is 8.42 Å². The number of nitrogens with one attached hydrogen (secondary N) is 1. The van der Waals surface area contributed by atoms with Gasteiger partial charge >= 0.3 is 5.97 Å². The second kappa shape index (κ2) is 6.52. The summed E-state index contributed by atoms with van der Waals surface area (Å²) in [5.41, 5.74) is 0. The maximum absolute atomic E-state index is 11.9. The Bertz CT molecular complexity index is 380. The van der Waals surface area contributed by atoms with E-state index in [0.717, 1.165) is 6.42 Å². The molecule has 0 saturated carbocycles. The van der Waals surface area contributed by atoms with E-state index in [-0.39, 0.29) is 29.4 Å². The molecule has 0 aliphatic carbocycles. The molecule has 0 aromatic carbocycles. The molecule has 0 amide bonds. The lowest BCUT2D eigenvalue weighted by Crippen LogP contribution is -2.48. The molecule has 0 aromatic rings. The first-order valence-corrected chi connectivity index (χ1v) is 8.34. The van der Waals surface area contributed by atoms with Crippen molar-refractivity contribution in [3.05, 3.63) is 0 Å². The predicted molar refractivity (Wildman–Crippen MR) is 70.1 cm³/mol. The second-order valence-corrected chi connectivity index (χ2v) is 7.11. The summed E-state index contributed by atoms with van der Waals surface area (Å²) < 4.78 is 27.8. The van der Waals surface area contributed by atoms with Gasteiger partial charge in [-0.1, -0.05) is 20.3 Å². The maximum Gasteiger partial charge on any atom is 0.323 e. The standard InChI is InChI=1S/C12H23NO4S/c1-4-9(3)11(12(14)17-5-2)13-10-6-7-18(15,16)8-10/h9-11,13H,4-8H2,1-3H3. The summed E-state index contributed by atoms with van der Waals surface area (Å²) >= 11 is 0. The summed E-state index contributed by atoms with van der Waals surface area (Å²) in [4.78, 5) is 11.9. The lowest BCUT2D eigenvalue weighted by atomic mass is 9.98. The van der Waals surface area contributed by atoms with Crippen LogP contribution in [0.5, 0.6) is 0 Å². The van der Waals surface area contributed by atoms with Gasteiger partial charge in [-0.2, -0.15) is 0 Å². The molecule has 106 valence electrons. The fourth-order valence-electron chi connectivity index (χ4n) is 2.11. The molecule has 1 N–H and O–H groups in total. The van der Waals surface area contributed by atoms with Crippen LogP contribution in [0.2, 0.25) is 0 Å². The maximum atomic E-state index is 11.9. The van der Waals surface area contributed by atoms with Gasteiger partial charge < -0.3 is 10.1 Å². The van der Waals surface area contributed by atoms with Gasteiger partial charge in [0, 0.05) is 6.04 Å². The molecule has 6 heteroatoms. The van der Waals surface area contributed by atoms with Crippen molar-refractivity contribution in [3.8, 4) is 0 Å². The number of sulfone groups is 1. The Morgan fingerprint density at radius 1 is 1.44 bits per heavy atom. The summed E-state index contributed by atoms with van der Waals surface area (Å²) in [6.07, 6.45) is 1.42. The quantitative estimate of drug-likeness (QED) is 0.725. The highest BCUT2D eigenvalue weighted by molar-refractivity contribution is 7.91. The van der Waals surface area contributed by atoms with Crippen molar-refractivity contribution < 1.29 is 17.9 Å². The van der Waals surface area contributed by atoms with Crippen LogP contribution in [-0.4, -0.2) is 44.6 Å². The Balaban J connectivity index is 2.64. The molecule has 1 heterocycles. The summed E-state index contributed by atoms with van der Waals surface area (Å²) in [6.45, 7) is 6.09. The van der Waals surface area contributed by atoms with Crippen molar-refractivity contribution in [2.75, 3.05) is 18.1 Å². The molecule has 0 spiro atoms. The van der Waals surface area contributed by atoms with Gasteiger partial charge in [0.2, 0.25) is 0 Å². The molecule has 3 atom stereocenters. The first-order valence-electron chi connectivity index (χ1n) is 6.52. The smallest absolute Gasteiger partial charge is 0.323 e. The van der Waals surface area contributed by atoms with Crippen LogP contribution in [0.25, 0.3) is 0 Å². The largest absolute Gasteiger partial charge is 0.465 e. The molecule has 1 rings (SSSR count). The van der Waals surface area contributed by atoms with Gasteiger partial charge in [0.1, 0.15) is 6.04 Å². The third-order valence-corrected chi connectivity index (χ3v) is 5.17. The average Bonchev–Trinajstić information content (AvgIpc) is 2.65. The number of carbonyl (C=O) groups is 1. The minimum Gasteiger partial charge on any atom is -0.465 e. The number of carbonyl (C=O) groups excluding carboxylic acids is 1. The molecule has 3 unspecified atom stereocenters. The lowest BCUT2D eigenvalue weighted by molar-refractivity contribution is -0.147. The van der Waals surface area contributed by atoms with Crippen LogP contribution in [0.1, 0.15) is 33.6 Å². The van der Waals surface area contributed by atoms with E-state index in [0.29, 0.717) is 13.0 Å². The minimum absolute atomic E-state index is 0.124. The van der Waals surface area contributed by atoms with E-state index in [1.54, 1.807) is 6.92 Å². The van der Waals surface area contributed by atoms with Gasteiger partial charge in [0.05, 0.1) is 18.1 Å². The Labute approximate surface area is 109 Å². The summed E-state index contributed by atoms with van der Waals surface area (Å²) in [5.74, 6) is 0.184. The third kappa shape index (κ3) is 4.24. The predicted octanol–water partition coefficient (Wildman–Crippen LogP) is 0.741. The normalized spacial score (nSPS) is 25.6. The zero-order valence-corrected chi connectivity index (χ0v) is 12.1. The summed E-state index contributed by atoms with van der Waals surface area (Å²) in [6, 6.07) is -0.536. The van der Waals surface area contributed by atoms with E-state index in [9.17, 15) is 13.2 Å². The average molecular weight is 277 g/mol. The van der Waals surface area contributed by atoms with Crippen molar-refractivity contribution in [1.82, 2.24) is 5.32 Å². The van der Waals surface area contributed by atoms with Crippen LogP contribution in [0.3, 0.4) is 0 Å². The third-order valence-electron chi connectivity index (χ3n) is 3.40. The molecule has 18 heavy (non-hydrogen) atoms. The van der Waals surface area contributed by atoms with Crippen LogP contribution in [0, 0.1) is 5.92 Å². The van der Waals surface area contributed by atoms with Gasteiger partial charge in [0.15, 0.2) is 9.84 Å². The zero-order valence-electron chi connectivity index (χ0n) is 11.3. The van der Waals surface area contributed by atoms with Crippen molar-refractivity contribution in [2.24, 2.45) is 5.92 Å². The van der Waals surface area contributed by atoms with Gasteiger partial charge in [-0.05, 0) is 19.3 Å². The van der Waals surface area contributed by atoms with Crippen LogP contribution < -0.4 is 5.32 Å². The Morgan fingerprint density at radius 2 is 2.11 bits per heavy atom. The Morgan fingerprint density at radius 3 is 2.56 bits per heavy atom. The Hall–Kier alpha value is -0.620. The number of ether oxygens (including phenoxy) is 1. The van der Waals surface area contributed by atoms with Crippen LogP contribution in [-0.2, 0) is 19.4 Å². The molecule has 5 nitrogen and oxygen atoms in total. The molecule has 1 saturated heterocycles. The van der Waals surface area contributed by atoms with E-state index >= 15 is 0 Å². The van der Waals surface area contributed by atoms with Crippen molar-refractivity contribution in [2.45, 2.75) is 45.7 Å². The minimum atomic E-state index is -2.93. The molecular weight excluding hydrogens is 254 g/mol. The molecular formula is C12H23NO4S. The van der Waals surface area contributed by atoms with E-state index in [1.807, 2.05) is 13.8 Å². The van der Waals surface area contributed by atoms with E-state index in [4.69, 9.17) is 4.74 Å². The highest BCUT2D eigenvalue weighted by Crippen LogP contribution is 2.16. The number of hydrogen-bond acceptors (Lipinski definition) is 5. The topological polar surface area (TPSA) is 72.5 Å². The molecule has 1 aliphatic heterocycles. The lowest BCUT2D eigenvalue weighted by Gasteiger charge is -2.25. The first kappa shape index (κ1) is 15.4. The summed E-state index contributed by atoms with van der Waals surface area (Å²) in [5, 5.41) is 3.15. The molecule has 1 fully saturated rings. The zero-order chi connectivity index (χ0) is 13.8. The van der Waals surface area contributed by atoms with E-state index in [1.165, 1.54) is 0 Å². The number of esters is 1. The SMILES string of the molecule is CCOC(=O)C(NC1CCS(=O)(=O)C1)C(C)CC. The first-order chi connectivity index (χ1) is 8.39. The van der Waals surface area contributed by atoms with Gasteiger partial charge in [-0.3, -0.25) is 4.79 Å². The van der Waals surface area contributed by atoms with Crippen LogP contribution >= 0.6 is 0 Å². The van der Waals surface area contributed by atoms with Crippen molar-refractivity contribution in [1.29, 1.82) is 0 Å². The number of hydrogen-bond donors (Lipinski definition) is 1. The van der Waals surface area contributed by atoms with Gasteiger partial charge in [0.25, 0.3) is 0 Å². The van der Waals surface area contributed by atoms with Crippen LogP contribution in [0.4, 0.5) is 0 Å². The van der Waals surface area contributed by atoms with Gasteiger partial charge in [-0.15, -0.1) is 0 Å². The van der Waals surface area contributed by atoms with E-state index in [2.05, 4.69) is 5.32 Å². The second-order valence-electron chi connectivity index (χ2n) is 4.88. The molecule has 1 aliphatic rings. The fraction of sp³-hybridized carbons (Fsp3) is 0.917. The van der Waals surface area contributed by atoms with Crippen molar-refractivity contribution >= 4 is 15.8 Å².